The summed E-state index contributed by atoms with van der Waals surface area (Å²) in [5.41, 5.74) is 1.39. The van der Waals surface area contributed by atoms with Crippen molar-refractivity contribution in [2.45, 2.75) is 32.5 Å². The lowest BCUT2D eigenvalue weighted by molar-refractivity contribution is -0.385. The maximum Gasteiger partial charge on any atom is 0.270 e. The lowest BCUT2D eigenvalue weighted by atomic mass is 9.94. The van der Waals surface area contributed by atoms with E-state index in [9.17, 15) is 19.7 Å². The number of benzene rings is 2. The summed E-state index contributed by atoms with van der Waals surface area (Å²) in [5, 5.41) is 20.9. The smallest absolute Gasteiger partial charge is 0.270 e. The highest BCUT2D eigenvalue weighted by Crippen LogP contribution is 2.48. The van der Waals surface area contributed by atoms with E-state index in [0.717, 1.165) is 6.42 Å². The second kappa shape index (κ2) is 9.10. The largest absolute Gasteiger partial charge is 0.493 e. The van der Waals surface area contributed by atoms with E-state index in [4.69, 9.17) is 4.74 Å². The Labute approximate surface area is 194 Å². The first-order chi connectivity index (χ1) is 15.9. The van der Waals surface area contributed by atoms with Crippen molar-refractivity contribution in [3.8, 4) is 5.75 Å². The second-order valence-electron chi connectivity index (χ2n) is 7.53. The maximum atomic E-state index is 13.2. The number of non-ortho nitro benzene ring substituents is 1. The van der Waals surface area contributed by atoms with Gasteiger partial charge in [0.05, 0.1) is 17.2 Å². The number of ether oxygens (including phenoxy) is 1. The number of fused-ring (bicyclic) bond motifs is 3. The van der Waals surface area contributed by atoms with Crippen LogP contribution >= 0.6 is 11.8 Å². The third kappa shape index (κ3) is 3.99. The number of amidine groups is 1. The third-order valence-electron chi connectivity index (χ3n) is 5.41. The number of anilines is 1. The molecule has 0 aliphatic carbocycles. The fourth-order valence-electron chi connectivity index (χ4n) is 4.06. The first kappa shape index (κ1) is 22.6. The van der Waals surface area contributed by atoms with Crippen molar-refractivity contribution in [3.63, 3.8) is 0 Å². The first-order valence-electron chi connectivity index (χ1n) is 10.4. The molecule has 0 fully saturated rings. The molecule has 0 aromatic heterocycles. The van der Waals surface area contributed by atoms with Crippen molar-refractivity contribution in [1.29, 1.82) is 0 Å². The predicted octanol–water partition coefficient (Wildman–Crippen LogP) is 3.56. The number of carbonyl (C=O) groups is 2. The van der Waals surface area contributed by atoms with Crippen LogP contribution in [0.25, 0.3) is 0 Å². The Kier molecular flexibility index (Phi) is 6.23. The Bertz CT molecular complexity index is 1150. The average molecular weight is 470 g/mol. The Morgan fingerprint density at radius 1 is 1.27 bits per heavy atom. The van der Waals surface area contributed by atoms with Crippen molar-refractivity contribution in [3.05, 3.63) is 63.7 Å². The number of hydrogen-bond acceptors (Lipinski definition) is 8. The fourth-order valence-corrected chi connectivity index (χ4v) is 4.44. The average Bonchev–Trinajstić information content (AvgIpc) is 2.81. The summed E-state index contributed by atoms with van der Waals surface area (Å²) in [4.78, 5) is 38.7. The molecular formula is C22H23N5O5S. The number of hydrazone groups is 1. The molecule has 4 rings (SSSR count). The van der Waals surface area contributed by atoms with Crippen molar-refractivity contribution >= 4 is 40.1 Å². The van der Waals surface area contributed by atoms with Crippen molar-refractivity contribution < 1.29 is 19.2 Å². The van der Waals surface area contributed by atoms with E-state index in [-0.39, 0.29) is 17.5 Å². The van der Waals surface area contributed by atoms with Gasteiger partial charge in [-0.25, -0.2) is 0 Å². The first-order valence-corrected chi connectivity index (χ1v) is 11.6. The summed E-state index contributed by atoms with van der Waals surface area (Å²) < 4.78 is 5.91. The van der Waals surface area contributed by atoms with Crippen molar-refractivity contribution in [2.24, 2.45) is 5.10 Å². The van der Waals surface area contributed by atoms with E-state index in [1.165, 1.54) is 46.8 Å². The van der Waals surface area contributed by atoms with Gasteiger partial charge in [0.25, 0.3) is 11.6 Å². The predicted molar refractivity (Wildman–Crippen MR) is 125 cm³/mol. The number of para-hydroxylation sites is 1. The van der Waals surface area contributed by atoms with Gasteiger partial charge in [0.2, 0.25) is 5.91 Å². The van der Waals surface area contributed by atoms with Gasteiger partial charge in [-0.1, -0.05) is 36.9 Å². The van der Waals surface area contributed by atoms with Gasteiger partial charge >= 0.3 is 0 Å². The van der Waals surface area contributed by atoms with E-state index in [1.54, 1.807) is 30.5 Å². The zero-order valence-corrected chi connectivity index (χ0v) is 19.2. The number of hydrogen-bond donors (Lipinski definition) is 1. The van der Waals surface area contributed by atoms with Gasteiger partial charge in [0, 0.05) is 30.2 Å². The van der Waals surface area contributed by atoms with Crippen molar-refractivity contribution in [1.82, 2.24) is 10.3 Å². The summed E-state index contributed by atoms with van der Waals surface area (Å²) in [6.07, 6.45) is 1.57. The number of nitrogens with zero attached hydrogens (tertiary/aromatic N) is 4. The summed E-state index contributed by atoms with van der Waals surface area (Å²) in [7, 11) is 0. The molecule has 0 saturated carbocycles. The van der Waals surface area contributed by atoms with E-state index < -0.39 is 17.1 Å². The van der Waals surface area contributed by atoms with Crippen LogP contribution < -0.4 is 15.0 Å². The van der Waals surface area contributed by atoms with Crippen LogP contribution in [-0.2, 0) is 9.59 Å². The molecule has 10 nitrogen and oxygen atoms in total. The standard InChI is InChI=1S/C22H23N5O5S/c1-4-11-32-18-10-9-14(27(30)31)12-16(18)21-25(13(2)28)17-8-6-5-7-15(17)19-20(29)23-22(33-3)24-26(19)21/h5-10,12,19,21H,4,11H2,1-3H3,(H,23,24,29)/t19-,21-/m1/s1. The number of amides is 2. The highest BCUT2D eigenvalue weighted by molar-refractivity contribution is 8.13. The van der Waals surface area contributed by atoms with Gasteiger partial charge in [-0.05, 0) is 24.8 Å². The van der Waals surface area contributed by atoms with Gasteiger partial charge in [0.1, 0.15) is 5.75 Å². The van der Waals surface area contributed by atoms with Crippen LogP contribution in [-0.4, -0.2) is 39.8 Å². The number of thioether (sulfide) groups is 1. The molecule has 0 spiro atoms. The molecule has 2 atom stereocenters. The van der Waals surface area contributed by atoms with Crippen LogP contribution in [0.5, 0.6) is 5.75 Å². The Morgan fingerprint density at radius 2 is 2.03 bits per heavy atom. The summed E-state index contributed by atoms with van der Waals surface area (Å²) >= 11 is 1.25. The van der Waals surface area contributed by atoms with Crippen LogP contribution in [0.3, 0.4) is 0 Å². The Morgan fingerprint density at radius 3 is 2.70 bits per heavy atom. The highest BCUT2D eigenvalue weighted by Gasteiger charge is 2.47. The van der Waals surface area contributed by atoms with Gasteiger partial charge < -0.3 is 10.1 Å². The van der Waals surface area contributed by atoms with E-state index >= 15 is 0 Å². The molecule has 1 N–H and O–H groups in total. The molecule has 2 aromatic rings. The minimum atomic E-state index is -0.928. The maximum absolute atomic E-state index is 13.2. The second-order valence-corrected chi connectivity index (χ2v) is 8.33. The van der Waals surface area contributed by atoms with Crippen LogP contribution in [0.15, 0.2) is 47.6 Å². The molecule has 0 radical (unpaired) electrons. The topological polar surface area (TPSA) is 117 Å². The molecule has 2 amide bonds. The number of rotatable bonds is 5. The van der Waals surface area contributed by atoms with Crippen LogP contribution in [0.2, 0.25) is 0 Å². The number of nitrogens with one attached hydrogen (secondary N) is 1. The molecule has 2 aliphatic heterocycles. The van der Waals surface area contributed by atoms with Crippen LogP contribution in [0, 0.1) is 10.1 Å². The normalized spacial score (nSPS) is 19.2. The SMILES string of the molecule is CCCOc1ccc([N+](=O)[O-])cc1[C@@H]1N(C(C)=O)c2ccccc2[C@@H]2C(=O)NC(SC)=NN12. The fraction of sp³-hybridized carbons (Fsp3) is 0.318. The van der Waals surface area contributed by atoms with Crippen molar-refractivity contribution in [2.75, 3.05) is 17.8 Å². The van der Waals surface area contributed by atoms with Crippen LogP contribution in [0.4, 0.5) is 11.4 Å². The van der Waals surface area contributed by atoms with Gasteiger partial charge in [-0.3, -0.25) is 29.6 Å². The summed E-state index contributed by atoms with van der Waals surface area (Å²) in [5.74, 6) is -0.203. The van der Waals surface area contributed by atoms with Gasteiger partial charge in [-0.15, -0.1) is 5.10 Å². The molecule has 2 aromatic carbocycles. The molecule has 33 heavy (non-hydrogen) atoms. The monoisotopic (exact) mass is 469 g/mol. The molecule has 0 bridgehead atoms. The lowest BCUT2D eigenvalue weighted by Crippen LogP contribution is -2.55. The number of nitro benzene ring substituents is 1. The zero-order valence-electron chi connectivity index (χ0n) is 18.3. The van der Waals surface area contributed by atoms with E-state index in [0.29, 0.717) is 34.3 Å². The summed E-state index contributed by atoms with van der Waals surface area (Å²) in [6.45, 7) is 3.75. The van der Waals surface area contributed by atoms with Gasteiger partial charge in [-0.2, -0.15) is 0 Å². The quantitative estimate of drug-likeness (QED) is 0.526. The molecule has 2 aliphatic rings. The number of carbonyl (C=O) groups excluding carboxylic acids is 2. The lowest BCUT2D eigenvalue weighted by Gasteiger charge is -2.48. The highest BCUT2D eigenvalue weighted by atomic mass is 32.2. The third-order valence-corrected chi connectivity index (χ3v) is 5.98. The molecular weight excluding hydrogens is 446 g/mol. The zero-order chi connectivity index (χ0) is 23.7. The minimum absolute atomic E-state index is 0.150. The molecule has 172 valence electrons. The molecule has 2 heterocycles. The van der Waals surface area contributed by atoms with E-state index in [2.05, 4.69) is 10.4 Å². The Hall–Kier alpha value is -3.60. The number of nitro groups is 1. The van der Waals surface area contributed by atoms with Gasteiger partial charge in [0.15, 0.2) is 17.4 Å². The molecule has 11 heteroatoms. The Balaban J connectivity index is 2.01. The summed E-state index contributed by atoms with van der Waals surface area (Å²) in [6, 6.07) is 10.6. The minimum Gasteiger partial charge on any atom is -0.493 e. The molecule has 0 unspecified atom stereocenters. The van der Waals surface area contributed by atoms with Crippen LogP contribution in [0.1, 0.15) is 43.6 Å². The van der Waals surface area contributed by atoms with E-state index in [1.807, 2.05) is 6.92 Å². The molecule has 0 saturated heterocycles.